The highest BCUT2D eigenvalue weighted by atomic mass is 32.2. The van der Waals surface area contributed by atoms with E-state index in [4.69, 9.17) is 8.92 Å². The Hall–Kier alpha value is -1.44. The lowest BCUT2D eigenvalue weighted by Gasteiger charge is -2.11. The fourth-order valence-corrected chi connectivity index (χ4v) is 2.52. The number of carbonyl (C=O) groups is 1. The fraction of sp³-hybridized carbons (Fsp3) is 0.533. The van der Waals surface area contributed by atoms with E-state index < -0.39 is 28.8 Å². The molecule has 1 atom stereocenters. The molecule has 1 rings (SSSR count). The van der Waals surface area contributed by atoms with Gasteiger partial charge in [-0.15, -0.1) is 0 Å². The van der Waals surface area contributed by atoms with Gasteiger partial charge in [-0.1, -0.05) is 31.0 Å². The van der Waals surface area contributed by atoms with Gasteiger partial charge in [0.25, 0.3) is 10.1 Å². The van der Waals surface area contributed by atoms with Gasteiger partial charge in [-0.2, -0.15) is 8.42 Å². The van der Waals surface area contributed by atoms with Crippen LogP contribution in [-0.2, 0) is 23.8 Å². The lowest BCUT2D eigenvalue weighted by molar-refractivity contribution is -0.146. The summed E-state index contributed by atoms with van der Waals surface area (Å²) in [7, 11) is -3.94. The van der Waals surface area contributed by atoms with E-state index in [1.165, 1.54) is 12.1 Å². The van der Waals surface area contributed by atoms with E-state index in [9.17, 15) is 18.3 Å². The molecule has 1 aromatic rings. The molecule has 0 radical (unpaired) electrons. The van der Waals surface area contributed by atoms with E-state index in [0.717, 1.165) is 18.4 Å². The standard InChI is InChI=1S/C15H22O6S/c1-3-4-9-20-15(17)10-13(16)11-21-22(18,19)14-7-5-12(2)6-8-14/h5-8,13,16H,3-4,9-11H2,1-2H3/t13-/m0/s1. The summed E-state index contributed by atoms with van der Waals surface area (Å²) in [6, 6.07) is 6.15. The molecule has 0 aromatic heterocycles. The zero-order valence-electron chi connectivity index (χ0n) is 12.8. The van der Waals surface area contributed by atoms with Crippen molar-refractivity contribution in [1.29, 1.82) is 0 Å². The molecule has 0 amide bonds. The van der Waals surface area contributed by atoms with Crippen molar-refractivity contribution in [2.45, 2.75) is 44.1 Å². The molecule has 0 unspecified atom stereocenters. The Balaban J connectivity index is 2.44. The number of esters is 1. The molecule has 0 fully saturated rings. The first-order valence-corrected chi connectivity index (χ1v) is 8.55. The van der Waals surface area contributed by atoms with Gasteiger partial charge in [-0.05, 0) is 25.5 Å². The van der Waals surface area contributed by atoms with E-state index in [-0.39, 0.29) is 11.3 Å². The quantitative estimate of drug-likeness (QED) is 0.422. The Morgan fingerprint density at radius 3 is 2.50 bits per heavy atom. The van der Waals surface area contributed by atoms with Gasteiger partial charge >= 0.3 is 5.97 Å². The van der Waals surface area contributed by atoms with Gasteiger partial charge in [0.05, 0.1) is 30.6 Å². The van der Waals surface area contributed by atoms with Gasteiger partial charge in [0.15, 0.2) is 0 Å². The van der Waals surface area contributed by atoms with Crippen molar-refractivity contribution in [3.05, 3.63) is 29.8 Å². The topological polar surface area (TPSA) is 89.9 Å². The third-order valence-electron chi connectivity index (χ3n) is 2.89. The van der Waals surface area contributed by atoms with Crippen molar-refractivity contribution < 1.29 is 27.2 Å². The second kappa shape index (κ2) is 8.87. The first kappa shape index (κ1) is 18.6. The predicted octanol–water partition coefficient (Wildman–Crippen LogP) is 1.79. The lowest BCUT2D eigenvalue weighted by atomic mass is 10.2. The number of carbonyl (C=O) groups excluding carboxylic acids is 1. The van der Waals surface area contributed by atoms with E-state index in [2.05, 4.69) is 0 Å². The van der Waals surface area contributed by atoms with Crippen molar-refractivity contribution in [2.24, 2.45) is 0 Å². The fourth-order valence-electron chi connectivity index (χ4n) is 1.58. The number of rotatable bonds is 9. The maximum atomic E-state index is 11.9. The summed E-state index contributed by atoms with van der Waals surface area (Å²) in [6.07, 6.45) is 0.121. The summed E-state index contributed by atoms with van der Waals surface area (Å²) >= 11 is 0. The molecule has 1 N–H and O–H groups in total. The van der Waals surface area contributed by atoms with Crippen molar-refractivity contribution in [1.82, 2.24) is 0 Å². The molecule has 6 nitrogen and oxygen atoms in total. The summed E-state index contributed by atoms with van der Waals surface area (Å²) in [5, 5.41) is 9.64. The smallest absolute Gasteiger partial charge is 0.308 e. The SMILES string of the molecule is CCCCOC(=O)C[C@H](O)COS(=O)(=O)c1ccc(C)cc1. The van der Waals surface area contributed by atoms with Crippen LogP contribution in [0.2, 0.25) is 0 Å². The average molecular weight is 330 g/mol. The normalized spacial score (nSPS) is 12.9. The molecule has 0 saturated heterocycles. The Morgan fingerprint density at radius 2 is 1.91 bits per heavy atom. The van der Waals surface area contributed by atoms with Crippen molar-refractivity contribution in [2.75, 3.05) is 13.2 Å². The summed E-state index contributed by atoms with van der Waals surface area (Å²) in [4.78, 5) is 11.4. The van der Waals surface area contributed by atoms with E-state index in [1.54, 1.807) is 12.1 Å². The highest BCUT2D eigenvalue weighted by molar-refractivity contribution is 7.86. The van der Waals surface area contributed by atoms with Crippen LogP contribution in [0.4, 0.5) is 0 Å². The number of ether oxygens (including phenoxy) is 1. The molecule has 0 aliphatic carbocycles. The van der Waals surface area contributed by atoms with Gasteiger partial charge in [-0.3, -0.25) is 8.98 Å². The van der Waals surface area contributed by atoms with E-state index in [0.29, 0.717) is 6.61 Å². The molecule has 1 aromatic carbocycles. The third kappa shape index (κ3) is 6.55. The Bertz CT molecular complexity index is 564. The molecule has 0 saturated carbocycles. The van der Waals surface area contributed by atoms with Gasteiger partial charge in [0.2, 0.25) is 0 Å². The Morgan fingerprint density at radius 1 is 1.27 bits per heavy atom. The molecule has 7 heteroatoms. The van der Waals surface area contributed by atoms with E-state index in [1.807, 2.05) is 13.8 Å². The van der Waals surface area contributed by atoms with Crippen LogP contribution in [0.15, 0.2) is 29.2 Å². The molecule has 0 aliphatic heterocycles. The lowest BCUT2D eigenvalue weighted by Crippen LogP contribution is -2.23. The summed E-state index contributed by atoms with van der Waals surface area (Å²) in [6.45, 7) is 3.61. The highest BCUT2D eigenvalue weighted by Crippen LogP contribution is 2.14. The summed E-state index contributed by atoms with van der Waals surface area (Å²) < 4.78 is 33.4. The number of hydrogen-bond donors (Lipinski definition) is 1. The zero-order chi connectivity index (χ0) is 16.6. The highest BCUT2D eigenvalue weighted by Gasteiger charge is 2.19. The number of aliphatic hydroxyl groups excluding tert-OH is 1. The number of aliphatic hydroxyl groups is 1. The number of unbranched alkanes of at least 4 members (excludes halogenated alkanes) is 1. The largest absolute Gasteiger partial charge is 0.466 e. The van der Waals surface area contributed by atoms with Gasteiger partial charge in [0.1, 0.15) is 0 Å². The molecular formula is C15H22O6S. The second-order valence-corrected chi connectivity index (χ2v) is 6.60. The molecule has 0 bridgehead atoms. The van der Waals surface area contributed by atoms with Crippen LogP contribution in [0, 0.1) is 6.92 Å². The van der Waals surface area contributed by atoms with Crippen molar-refractivity contribution in [3.8, 4) is 0 Å². The van der Waals surface area contributed by atoms with E-state index >= 15 is 0 Å². The summed E-state index contributed by atoms with van der Waals surface area (Å²) in [5.74, 6) is -0.572. The molecule has 0 spiro atoms. The molecule has 22 heavy (non-hydrogen) atoms. The Kier molecular flexibility index (Phi) is 7.50. The predicted molar refractivity (Wildman–Crippen MR) is 80.8 cm³/mol. The molecule has 0 aliphatic rings. The Labute approximate surface area is 131 Å². The summed E-state index contributed by atoms with van der Waals surface area (Å²) in [5.41, 5.74) is 0.925. The minimum atomic E-state index is -3.94. The van der Waals surface area contributed by atoms with Crippen molar-refractivity contribution in [3.63, 3.8) is 0 Å². The first-order chi connectivity index (χ1) is 10.3. The van der Waals surface area contributed by atoms with Crippen LogP contribution in [0.5, 0.6) is 0 Å². The van der Waals surface area contributed by atoms with Crippen LogP contribution >= 0.6 is 0 Å². The van der Waals surface area contributed by atoms with Gasteiger partial charge < -0.3 is 9.84 Å². The second-order valence-electron chi connectivity index (χ2n) is 4.98. The van der Waals surface area contributed by atoms with Gasteiger partial charge in [0, 0.05) is 0 Å². The van der Waals surface area contributed by atoms with Crippen LogP contribution in [0.3, 0.4) is 0 Å². The average Bonchev–Trinajstić information content (AvgIpc) is 2.46. The zero-order valence-corrected chi connectivity index (χ0v) is 13.6. The molecule has 0 heterocycles. The van der Waals surface area contributed by atoms with Crippen LogP contribution in [-0.4, -0.2) is 38.8 Å². The minimum absolute atomic E-state index is 0.0100. The monoisotopic (exact) mass is 330 g/mol. The molecular weight excluding hydrogens is 308 g/mol. The number of hydrogen-bond acceptors (Lipinski definition) is 6. The van der Waals surface area contributed by atoms with Crippen LogP contribution < -0.4 is 0 Å². The number of benzene rings is 1. The maximum absolute atomic E-state index is 11.9. The van der Waals surface area contributed by atoms with Crippen molar-refractivity contribution >= 4 is 16.1 Å². The van der Waals surface area contributed by atoms with Gasteiger partial charge in [-0.25, -0.2) is 0 Å². The van der Waals surface area contributed by atoms with Crippen LogP contribution in [0.25, 0.3) is 0 Å². The minimum Gasteiger partial charge on any atom is -0.466 e. The third-order valence-corrected chi connectivity index (χ3v) is 4.18. The number of aryl methyl sites for hydroxylation is 1. The maximum Gasteiger partial charge on any atom is 0.308 e. The molecule has 124 valence electrons. The van der Waals surface area contributed by atoms with Crippen LogP contribution in [0.1, 0.15) is 31.7 Å². The first-order valence-electron chi connectivity index (χ1n) is 7.15.